The molecule has 1 fully saturated rings. The summed E-state index contributed by atoms with van der Waals surface area (Å²) in [5.41, 5.74) is 0. The van der Waals surface area contributed by atoms with Crippen molar-refractivity contribution >= 4 is 5.91 Å². The van der Waals surface area contributed by atoms with Gasteiger partial charge in [-0.2, -0.15) is 0 Å². The van der Waals surface area contributed by atoms with Gasteiger partial charge in [-0.25, -0.2) is 0 Å². The van der Waals surface area contributed by atoms with E-state index in [-0.39, 0.29) is 12.5 Å². The highest BCUT2D eigenvalue weighted by Crippen LogP contribution is 2.24. The highest BCUT2D eigenvalue weighted by atomic mass is 16.7. The number of ether oxygens (including phenoxy) is 2. The summed E-state index contributed by atoms with van der Waals surface area (Å²) in [5.74, 6) is -0.182. The van der Waals surface area contributed by atoms with Gasteiger partial charge in [-0.15, -0.1) is 0 Å². The van der Waals surface area contributed by atoms with Crippen molar-refractivity contribution in [3.63, 3.8) is 0 Å². The predicted octanol–water partition coefficient (Wildman–Crippen LogP) is 21.8. The van der Waals surface area contributed by atoms with Crippen LogP contribution in [0.25, 0.3) is 0 Å². The Hall–Kier alpha value is -1.59. The number of allylic oxidation sites excluding steroid dienone is 5. The van der Waals surface area contributed by atoms with Gasteiger partial charge in [0.15, 0.2) is 6.29 Å². The Labute approximate surface area is 540 Å². The molecule has 0 aromatic heterocycles. The molecule has 0 radical (unpaired) electrons. The molecule has 7 unspecified atom stereocenters. The van der Waals surface area contributed by atoms with Crippen molar-refractivity contribution in [2.75, 3.05) is 13.2 Å². The fourth-order valence-corrected chi connectivity index (χ4v) is 12.7. The molecule has 9 heteroatoms. The van der Waals surface area contributed by atoms with Crippen LogP contribution in [0.3, 0.4) is 0 Å². The quantitative estimate of drug-likeness (QED) is 0.0261. The smallest absolute Gasteiger partial charge is 0.220 e. The summed E-state index contributed by atoms with van der Waals surface area (Å²) in [4.78, 5) is 13.1. The van der Waals surface area contributed by atoms with Gasteiger partial charge in [0, 0.05) is 6.42 Å². The third-order valence-electron chi connectivity index (χ3n) is 18.7. The van der Waals surface area contributed by atoms with Gasteiger partial charge < -0.3 is 40.3 Å². The maximum Gasteiger partial charge on any atom is 0.220 e. The number of rotatable bonds is 69. The lowest BCUT2D eigenvalue weighted by atomic mass is 9.99. The first kappa shape index (κ1) is 83.4. The Morgan fingerprint density at radius 2 is 0.655 bits per heavy atom. The molecular weight excluding hydrogens is 1080 g/mol. The van der Waals surface area contributed by atoms with Crippen molar-refractivity contribution in [2.24, 2.45) is 0 Å². The lowest BCUT2D eigenvalue weighted by Crippen LogP contribution is -2.60. The molecule has 6 N–H and O–H groups in total. The average molecular weight is 1230 g/mol. The van der Waals surface area contributed by atoms with Gasteiger partial charge in [0.25, 0.3) is 0 Å². The topological polar surface area (TPSA) is 149 Å². The van der Waals surface area contributed by atoms with Crippen LogP contribution in [0.4, 0.5) is 0 Å². The van der Waals surface area contributed by atoms with Crippen LogP contribution in [0.15, 0.2) is 36.5 Å². The van der Waals surface area contributed by atoms with Gasteiger partial charge in [0.2, 0.25) is 5.91 Å². The van der Waals surface area contributed by atoms with Gasteiger partial charge in [-0.3, -0.25) is 4.79 Å². The molecule has 87 heavy (non-hydrogen) atoms. The normalized spacial score (nSPS) is 18.1. The Morgan fingerprint density at radius 3 is 0.966 bits per heavy atom. The maximum atomic E-state index is 13.1. The van der Waals surface area contributed by atoms with E-state index >= 15 is 0 Å². The minimum Gasteiger partial charge on any atom is -0.394 e. The number of nitrogens with one attached hydrogen (secondary N) is 1. The van der Waals surface area contributed by atoms with E-state index in [2.05, 4.69) is 43.5 Å². The van der Waals surface area contributed by atoms with E-state index in [0.29, 0.717) is 6.42 Å². The second-order valence-electron chi connectivity index (χ2n) is 27.1. The minimum absolute atomic E-state index is 0.182. The lowest BCUT2D eigenvalue weighted by molar-refractivity contribution is -0.302. The summed E-state index contributed by atoms with van der Waals surface area (Å²) in [5, 5.41) is 54.8. The summed E-state index contributed by atoms with van der Waals surface area (Å²) in [7, 11) is 0. The van der Waals surface area contributed by atoms with E-state index in [9.17, 15) is 30.3 Å². The Kier molecular flexibility index (Phi) is 64.5. The van der Waals surface area contributed by atoms with Crippen LogP contribution in [0.2, 0.25) is 0 Å². The molecule has 1 heterocycles. The fourth-order valence-electron chi connectivity index (χ4n) is 12.7. The lowest BCUT2D eigenvalue weighted by Gasteiger charge is -2.40. The van der Waals surface area contributed by atoms with Crippen molar-refractivity contribution < 1.29 is 39.8 Å². The molecule has 0 aliphatic carbocycles. The van der Waals surface area contributed by atoms with Crippen LogP contribution >= 0.6 is 0 Å². The van der Waals surface area contributed by atoms with Crippen molar-refractivity contribution in [1.82, 2.24) is 5.32 Å². The molecule has 9 nitrogen and oxygen atoms in total. The summed E-state index contributed by atoms with van der Waals surface area (Å²) >= 11 is 0. The molecule has 0 saturated carbocycles. The molecule has 514 valence electrons. The minimum atomic E-state index is -1.58. The second-order valence-corrected chi connectivity index (χ2v) is 27.1. The molecule has 1 aliphatic rings. The van der Waals surface area contributed by atoms with Gasteiger partial charge >= 0.3 is 0 Å². The predicted molar refractivity (Wildman–Crippen MR) is 373 cm³/mol. The van der Waals surface area contributed by atoms with Crippen molar-refractivity contribution in [1.29, 1.82) is 0 Å². The van der Waals surface area contributed by atoms with Gasteiger partial charge in [-0.1, -0.05) is 384 Å². The zero-order valence-corrected chi connectivity index (χ0v) is 57.8. The molecule has 1 amide bonds. The third kappa shape index (κ3) is 55.7. The second kappa shape index (κ2) is 67.3. The number of aliphatic hydroxyl groups excluding tert-OH is 5. The van der Waals surface area contributed by atoms with Crippen molar-refractivity contribution in [3.8, 4) is 0 Å². The molecule has 1 saturated heterocycles. The maximum absolute atomic E-state index is 13.1. The van der Waals surface area contributed by atoms with E-state index in [1.54, 1.807) is 6.08 Å². The monoisotopic (exact) mass is 1230 g/mol. The summed E-state index contributed by atoms with van der Waals surface area (Å²) in [6, 6.07) is -0.828. The standard InChI is InChI=1S/C78H149NO8/c1-3-5-7-9-11-13-15-17-19-21-23-25-27-29-31-33-34-35-36-37-38-39-40-42-44-46-48-50-52-54-56-58-60-62-64-66-68-74(82)79-71(70-86-78-77(85)76(84)75(83)73(69-80)87-78)72(81)67-65-63-61-59-57-55-53-51-49-47-45-43-41-32-30-28-26-24-22-20-18-16-14-12-10-8-6-4-2/h49,51,57,59,65,67,71-73,75-78,80-81,83-85H,3-48,50,52-56,58,60-64,66,68-70H2,1-2H3,(H,79,82)/b51-49+,59-57+,67-65+. The zero-order valence-electron chi connectivity index (χ0n) is 57.8. The van der Waals surface area contributed by atoms with E-state index in [0.717, 1.165) is 44.9 Å². The zero-order chi connectivity index (χ0) is 62.8. The molecule has 7 atom stereocenters. The van der Waals surface area contributed by atoms with Gasteiger partial charge in [0.1, 0.15) is 24.4 Å². The summed E-state index contributed by atoms with van der Waals surface area (Å²) in [6.07, 6.45) is 84.4. The Balaban J connectivity index is 2.09. The first-order valence-electron chi connectivity index (χ1n) is 38.7. The highest BCUT2D eigenvalue weighted by Gasteiger charge is 2.44. The molecule has 0 spiro atoms. The Morgan fingerprint density at radius 1 is 0.379 bits per heavy atom. The van der Waals surface area contributed by atoms with Crippen LogP contribution in [0.5, 0.6) is 0 Å². The van der Waals surface area contributed by atoms with E-state index in [4.69, 9.17) is 9.47 Å². The van der Waals surface area contributed by atoms with Crippen molar-refractivity contribution in [2.45, 2.75) is 442 Å². The Bertz CT molecular complexity index is 1470. The van der Waals surface area contributed by atoms with Crippen LogP contribution in [-0.2, 0) is 14.3 Å². The SMILES string of the molecule is CCCCCCCCCCCCCCCCCCCC/C=C/CC/C=C/CC/C=C/C(O)C(COC1OC(CO)C(O)C(O)C1O)NC(=O)CCCCCCCCCCCCCCCCCCCCCCCCCCCCCCCCCCCCCC. The summed E-state index contributed by atoms with van der Waals surface area (Å²) < 4.78 is 11.3. The molecule has 1 aliphatic heterocycles. The molecule has 1 rings (SSSR count). The first-order valence-corrected chi connectivity index (χ1v) is 38.7. The van der Waals surface area contributed by atoms with Crippen LogP contribution in [0, 0.1) is 0 Å². The highest BCUT2D eigenvalue weighted by molar-refractivity contribution is 5.76. The largest absolute Gasteiger partial charge is 0.394 e. The van der Waals surface area contributed by atoms with Crippen LogP contribution < -0.4 is 5.32 Å². The number of carbonyl (C=O) groups is 1. The van der Waals surface area contributed by atoms with Crippen LogP contribution in [0.1, 0.15) is 399 Å². The molecule has 0 aromatic rings. The number of hydrogen-bond donors (Lipinski definition) is 6. The van der Waals surface area contributed by atoms with Gasteiger partial charge in [0.05, 0.1) is 25.4 Å². The molecular formula is C78H149NO8. The molecule has 0 bridgehead atoms. The number of hydrogen-bond acceptors (Lipinski definition) is 8. The third-order valence-corrected chi connectivity index (χ3v) is 18.7. The van der Waals surface area contributed by atoms with E-state index in [1.807, 2.05) is 6.08 Å². The van der Waals surface area contributed by atoms with Crippen LogP contribution in [-0.4, -0.2) is 87.5 Å². The number of carbonyl (C=O) groups excluding carboxylic acids is 1. The number of amides is 1. The van der Waals surface area contributed by atoms with E-state index in [1.165, 1.54) is 334 Å². The first-order chi connectivity index (χ1) is 42.8. The van der Waals surface area contributed by atoms with Crippen molar-refractivity contribution in [3.05, 3.63) is 36.5 Å². The summed E-state index contributed by atoms with van der Waals surface area (Å²) in [6.45, 7) is 3.82. The number of aliphatic hydroxyl groups is 5. The average Bonchev–Trinajstić information content (AvgIpc) is 3.46. The van der Waals surface area contributed by atoms with E-state index < -0.39 is 49.5 Å². The fraction of sp³-hybridized carbons (Fsp3) is 0.910. The molecule has 0 aromatic carbocycles. The van der Waals surface area contributed by atoms with Gasteiger partial charge in [-0.05, 0) is 44.9 Å². The number of unbranched alkanes of at least 4 members (excludes halogenated alkanes) is 55.